The van der Waals surface area contributed by atoms with Gasteiger partial charge in [-0.3, -0.25) is 9.59 Å². The van der Waals surface area contributed by atoms with Crippen molar-refractivity contribution in [3.05, 3.63) is 48.0 Å². The lowest BCUT2D eigenvalue weighted by Crippen LogP contribution is -2.35. The zero-order chi connectivity index (χ0) is 15.5. The molecule has 0 bridgehead atoms. The lowest BCUT2D eigenvalue weighted by atomic mass is 10.0. The van der Waals surface area contributed by atoms with Crippen LogP contribution in [-0.4, -0.2) is 48.3 Å². The van der Waals surface area contributed by atoms with Crippen molar-refractivity contribution in [3.63, 3.8) is 0 Å². The van der Waals surface area contributed by atoms with E-state index < -0.39 is 0 Å². The number of fused-ring (bicyclic) bond motifs is 1. The molecule has 22 heavy (non-hydrogen) atoms. The SMILES string of the molecule is CN1CCN(C(=O)Cc2cccc3ccccc23)CCC1=O. The number of amides is 2. The number of rotatable bonds is 2. The Labute approximate surface area is 130 Å². The highest BCUT2D eigenvalue weighted by atomic mass is 16.2. The van der Waals surface area contributed by atoms with Crippen LogP contribution >= 0.6 is 0 Å². The number of carbonyl (C=O) groups excluding carboxylic acids is 2. The minimum Gasteiger partial charge on any atom is -0.344 e. The quantitative estimate of drug-likeness (QED) is 0.851. The number of benzene rings is 2. The van der Waals surface area contributed by atoms with E-state index in [2.05, 4.69) is 18.2 Å². The molecule has 2 amide bonds. The summed E-state index contributed by atoms with van der Waals surface area (Å²) >= 11 is 0. The Kier molecular flexibility index (Phi) is 4.09. The van der Waals surface area contributed by atoms with Gasteiger partial charge in [0.25, 0.3) is 0 Å². The van der Waals surface area contributed by atoms with Crippen molar-refractivity contribution in [2.24, 2.45) is 0 Å². The summed E-state index contributed by atoms with van der Waals surface area (Å²) in [6.45, 7) is 1.75. The van der Waals surface area contributed by atoms with Crippen molar-refractivity contribution in [3.8, 4) is 0 Å². The van der Waals surface area contributed by atoms with E-state index in [0.717, 1.165) is 16.3 Å². The Balaban J connectivity index is 1.77. The largest absolute Gasteiger partial charge is 0.344 e. The van der Waals surface area contributed by atoms with Crippen LogP contribution in [0.1, 0.15) is 12.0 Å². The predicted octanol–water partition coefficient (Wildman–Crippen LogP) is 2.07. The van der Waals surface area contributed by atoms with E-state index in [1.807, 2.05) is 29.2 Å². The van der Waals surface area contributed by atoms with Gasteiger partial charge in [-0.05, 0) is 16.3 Å². The molecule has 1 aliphatic heterocycles. The smallest absolute Gasteiger partial charge is 0.227 e. The van der Waals surface area contributed by atoms with Crippen molar-refractivity contribution in [1.29, 1.82) is 0 Å². The highest BCUT2D eigenvalue weighted by molar-refractivity contribution is 5.90. The van der Waals surface area contributed by atoms with Crippen LogP contribution in [0.4, 0.5) is 0 Å². The number of hydrogen-bond donors (Lipinski definition) is 0. The fraction of sp³-hybridized carbons (Fsp3) is 0.333. The molecule has 4 heteroatoms. The van der Waals surface area contributed by atoms with Gasteiger partial charge >= 0.3 is 0 Å². The molecule has 0 atom stereocenters. The summed E-state index contributed by atoms with van der Waals surface area (Å²) in [7, 11) is 1.79. The zero-order valence-electron chi connectivity index (χ0n) is 12.8. The van der Waals surface area contributed by atoms with Crippen molar-refractivity contribution in [2.75, 3.05) is 26.7 Å². The molecule has 2 aromatic rings. The molecular formula is C18H20N2O2. The van der Waals surface area contributed by atoms with Crippen LogP contribution in [0.25, 0.3) is 10.8 Å². The standard InChI is InChI=1S/C18H20N2O2/c1-19-11-12-20(10-9-17(19)21)18(22)13-15-7-4-6-14-5-2-3-8-16(14)15/h2-8H,9-13H2,1H3. The maximum absolute atomic E-state index is 12.6. The van der Waals surface area contributed by atoms with Crippen molar-refractivity contribution < 1.29 is 9.59 Å². The predicted molar refractivity (Wildman–Crippen MR) is 86.5 cm³/mol. The summed E-state index contributed by atoms with van der Waals surface area (Å²) in [5.41, 5.74) is 1.05. The van der Waals surface area contributed by atoms with Crippen molar-refractivity contribution >= 4 is 22.6 Å². The highest BCUT2D eigenvalue weighted by Crippen LogP contribution is 2.19. The number of carbonyl (C=O) groups is 2. The molecular weight excluding hydrogens is 276 g/mol. The van der Waals surface area contributed by atoms with Crippen LogP contribution < -0.4 is 0 Å². The van der Waals surface area contributed by atoms with Crippen LogP contribution in [0.2, 0.25) is 0 Å². The Bertz CT molecular complexity index is 706. The monoisotopic (exact) mass is 296 g/mol. The summed E-state index contributed by atoms with van der Waals surface area (Å²) < 4.78 is 0. The first kappa shape index (κ1) is 14.6. The van der Waals surface area contributed by atoms with Gasteiger partial charge in [-0.1, -0.05) is 42.5 Å². The highest BCUT2D eigenvalue weighted by Gasteiger charge is 2.21. The fourth-order valence-corrected chi connectivity index (χ4v) is 2.90. The van der Waals surface area contributed by atoms with Gasteiger partial charge in [-0.2, -0.15) is 0 Å². The lowest BCUT2D eigenvalue weighted by molar-refractivity contribution is -0.130. The minimum absolute atomic E-state index is 0.0967. The zero-order valence-corrected chi connectivity index (χ0v) is 12.8. The van der Waals surface area contributed by atoms with Gasteiger partial charge in [0.15, 0.2) is 0 Å². The Morgan fingerprint density at radius 3 is 2.68 bits per heavy atom. The average molecular weight is 296 g/mol. The van der Waals surface area contributed by atoms with Gasteiger partial charge in [0.05, 0.1) is 6.42 Å². The van der Waals surface area contributed by atoms with Gasteiger partial charge in [0.1, 0.15) is 0 Å². The second-order valence-electron chi connectivity index (χ2n) is 5.76. The van der Waals surface area contributed by atoms with E-state index in [0.29, 0.717) is 32.5 Å². The first-order chi connectivity index (χ1) is 10.6. The number of likely N-dealkylation sites (N-methyl/N-ethyl adjacent to an activating group) is 1. The summed E-state index contributed by atoms with van der Waals surface area (Å²) in [4.78, 5) is 27.8. The van der Waals surface area contributed by atoms with E-state index in [1.54, 1.807) is 11.9 Å². The second-order valence-corrected chi connectivity index (χ2v) is 5.76. The van der Waals surface area contributed by atoms with E-state index in [1.165, 1.54) is 0 Å². The van der Waals surface area contributed by atoms with Gasteiger partial charge in [-0.25, -0.2) is 0 Å². The average Bonchev–Trinajstić information content (AvgIpc) is 2.70. The molecule has 0 spiro atoms. The van der Waals surface area contributed by atoms with Crippen LogP contribution in [0, 0.1) is 0 Å². The molecule has 1 heterocycles. The fourth-order valence-electron chi connectivity index (χ4n) is 2.90. The molecule has 2 aromatic carbocycles. The Morgan fingerprint density at radius 2 is 1.82 bits per heavy atom. The number of hydrogen-bond acceptors (Lipinski definition) is 2. The van der Waals surface area contributed by atoms with Crippen LogP contribution in [0.15, 0.2) is 42.5 Å². The maximum Gasteiger partial charge on any atom is 0.227 e. The molecule has 4 nitrogen and oxygen atoms in total. The molecule has 0 radical (unpaired) electrons. The first-order valence-electron chi connectivity index (χ1n) is 7.63. The summed E-state index contributed by atoms with van der Waals surface area (Å²) in [5.74, 6) is 0.208. The Hall–Kier alpha value is -2.36. The van der Waals surface area contributed by atoms with Gasteiger partial charge in [0.2, 0.25) is 11.8 Å². The third-order valence-corrected chi connectivity index (χ3v) is 4.30. The topological polar surface area (TPSA) is 40.6 Å². The third kappa shape index (κ3) is 2.96. The van der Waals surface area contributed by atoms with E-state index in [9.17, 15) is 9.59 Å². The molecule has 0 unspecified atom stereocenters. The lowest BCUT2D eigenvalue weighted by Gasteiger charge is -2.20. The van der Waals surface area contributed by atoms with E-state index >= 15 is 0 Å². The van der Waals surface area contributed by atoms with Gasteiger partial charge < -0.3 is 9.80 Å². The second kappa shape index (κ2) is 6.18. The molecule has 1 fully saturated rings. The van der Waals surface area contributed by atoms with Crippen LogP contribution in [0.5, 0.6) is 0 Å². The molecule has 0 saturated carbocycles. The van der Waals surface area contributed by atoms with Crippen LogP contribution in [-0.2, 0) is 16.0 Å². The molecule has 1 saturated heterocycles. The first-order valence-corrected chi connectivity index (χ1v) is 7.63. The third-order valence-electron chi connectivity index (χ3n) is 4.30. The molecule has 114 valence electrons. The maximum atomic E-state index is 12.6. The van der Waals surface area contributed by atoms with Crippen molar-refractivity contribution in [1.82, 2.24) is 9.80 Å². The Morgan fingerprint density at radius 1 is 1.05 bits per heavy atom. The molecule has 0 aliphatic carbocycles. The normalized spacial score (nSPS) is 16.0. The molecule has 3 rings (SSSR count). The summed E-state index contributed by atoms with van der Waals surface area (Å²) in [6.07, 6.45) is 0.803. The van der Waals surface area contributed by atoms with Gasteiger partial charge in [0, 0.05) is 33.1 Å². The van der Waals surface area contributed by atoms with Crippen LogP contribution in [0.3, 0.4) is 0 Å². The minimum atomic E-state index is 0.0967. The molecule has 0 N–H and O–H groups in total. The molecule has 0 aromatic heterocycles. The van der Waals surface area contributed by atoms with Gasteiger partial charge in [-0.15, -0.1) is 0 Å². The summed E-state index contributed by atoms with van der Waals surface area (Å²) in [6, 6.07) is 14.2. The van der Waals surface area contributed by atoms with E-state index in [4.69, 9.17) is 0 Å². The number of nitrogens with zero attached hydrogens (tertiary/aromatic N) is 2. The molecule has 1 aliphatic rings. The summed E-state index contributed by atoms with van der Waals surface area (Å²) in [5, 5.41) is 2.28. The van der Waals surface area contributed by atoms with Crippen molar-refractivity contribution in [2.45, 2.75) is 12.8 Å². The van der Waals surface area contributed by atoms with E-state index in [-0.39, 0.29) is 11.8 Å².